The van der Waals surface area contributed by atoms with Crippen molar-refractivity contribution in [2.75, 3.05) is 12.0 Å². The van der Waals surface area contributed by atoms with E-state index in [1.54, 1.807) is 0 Å². The van der Waals surface area contributed by atoms with Gasteiger partial charge in [0.15, 0.2) is 4.62 Å². The number of nitro benzene ring substituents is 2. The highest BCUT2D eigenvalue weighted by atomic mass is 79.9. The van der Waals surface area contributed by atoms with E-state index in [1.165, 1.54) is 6.92 Å². The molecule has 0 spiro atoms. The van der Waals surface area contributed by atoms with Gasteiger partial charge in [-0.2, -0.15) is 5.10 Å². The molecule has 122 valence electrons. The average Bonchev–Trinajstić information content (AvgIpc) is 2.51. The van der Waals surface area contributed by atoms with Crippen LogP contribution < -0.4 is 5.43 Å². The molecule has 0 unspecified atom stereocenters. The quantitative estimate of drug-likeness (QED) is 0.243. The number of anilines is 1. The van der Waals surface area contributed by atoms with E-state index < -0.39 is 37.6 Å². The normalized spacial score (nSPS) is 10.8. The third kappa shape index (κ3) is 4.81. The van der Waals surface area contributed by atoms with Gasteiger partial charge in [0.2, 0.25) is 0 Å². The monoisotopic (exact) mass is 388 g/mol. The molecule has 1 aromatic carbocycles. The third-order valence-electron chi connectivity index (χ3n) is 2.31. The fourth-order valence-corrected chi connectivity index (χ4v) is 1.57. The Bertz CT molecular complexity index is 704. The van der Waals surface area contributed by atoms with Gasteiger partial charge in [-0.25, -0.2) is 4.79 Å². The maximum atomic E-state index is 11.5. The lowest BCUT2D eigenvalue weighted by Gasteiger charge is -2.03. The van der Waals surface area contributed by atoms with Gasteiger partial charge < -0.3 is 4.74 Å². The zero-order valence-corrected chi connectivity index (χ0v) is 13.1. The fourth-order valence-electron chi connectivity index (χ4n) is 1.32. The summed E-state index contributed by atoms with van der Waals surface area (Å²) in [5.41, 5.74) is 0.889. The van der Waals surface area contributed by atoms with Crippen molar-refractivity contribution in [2.45, 2.75) is 6.92 Å². The molecule has 23 heavy (non-hydrogen) atoms. The number of rotatable bonds is 7. The number of nitrogens with zero attached hydrogens (tertiary/aromatic N) is 3. The van der Waals surface area contributed by atoms with Gasteiger partial charge in [0.1, 0.15) is 5.69 Å². The number of carbonyl (C=O) groups is 2. The van der Waals surface area contributed by atoms with Gasteiger partial charge in [0.05, 0.1) is 22.5 Å². The molecule has 0 heterocycles. The molecule has 0 radical (unpaired) electrons. The second-order valence-corrected chi connectivity index (χ2v) is 4.53. The van der Waals surface area contributed by atoms with Crippen LogP contribution >= 0.6 is 15.9 Å². The Morgan fingerprint density at radius 1 is 1.30 bits per heavy atom. The highest BCUT2D eigenvalue weighted by Crippen LogP contribution is 2.28. The number of halogens is 1. The molecule has 0 saturated carbocycles. The standard InChI is InChI=1S/C11H9BrN4O7/c1-2-23-11(18)9(17)10(12)14-13-7-4-3-6(15(19)20)5-8(7)16(21)22/h3-5,13H,2H2,1H3. The lowest BCUT2D eigenvalue weighted by Crippen LogP contribution is -2.23. The summed E-state index contributed by atoms with van der Waals surface area (Å²) in [7, 11) is 0. The molecular weight excluding hydrogens is 380 g/mol. The number of benzene rings is 1. The van der Waals surface area contributed by atoms with Crippen molar-refractivity contribution in [1.29, 1.82) is 0 Å². The van der Waals surface area contributed by atoms with E-state index in [0.717, 1.165) is 18.2 Å². The number of hydrogen-bond donors (Lipinski definition) is 1. The van der Waals surface area contributed by atoms with E-state index in [9.17, 15) is 29.8 Å². The summed E-state index contributed by atoms with van der Waals surface area (Å²) in [6, 6.07) is 2.81. The number of ether oxygens (including phenoxy) is 1. The van der Waals surface area contributed by atoms with E-state index in [0.29, 0.717) is 0 Å². The average molecular weight is 389 g/mol. The molecule has 0 saturated heterocycles. The first-order chi connectivity index (χ1) is 10.8. The van der Waals surface area contributed by atoms with Crippen LogP contribution in [-0.2, 0) is 14.3 Å². The van der Waals surface area contributed by atoms with Gasteiger partial charge in [-0.1, -0.05) is 0 Å². The van der Waals surface area contributed by atoms with E-state index in [2.05, 4.69) is 31.2 Å². The molecule has 12 heteroatoms. The van der Waals surface area contributed by atoms with Gasteiger partial charge in [0, 0.05) is 6.07 Å². The van der Waals surface area contributed by atoms with E-state index in [1.807, 2.05) is 0 Å². The number of carbonyl (C=O) groups excluding carboxylic acids is 2. The molecule has 0 amide bonds. The van der Waals surface area contributed by atoms with E-state index in [4.69, 9.17) is 0 Å². The number of nitro groups is 2. The summed E-state index contributed by atoms with van der Waals surface area (Å²) in [6.45, 7) is 1.50. The molecule has 0 bridgehead atoms. The Labute approximate surface area is 136 Å². The molecule has 0 aliphatic carbocycles. The SMILES string of the molecule is CCOC(=O)C(=O)C(Br)=NNc1ccc([N+](=O)[O-])cc1[N+](=O)[O-]. The number of esters is 1. The van der Waals surface area contributed by atoms with Crippen LogP contribution in [0.3, 0.4) is 0 Å². The Kier molecular flexibility index (Phi) is 6.26. The molecule has 0 atom stereocenters. The number of nitrogens with one attached hydrogen (secondary N) is 1. The summed E-state index contributed by atoms with van der Waals surface area (Å²) in [4.78, 5) is 42.6. The zero-order chi connectivity index (χ0) is 17.6. The van der Waals surface area contributed by atoms with Gasteiger partial charge in [0.25, 0.3) is 11.5 Å². The third-order valence-corrected chi connectivity index (χ3v) is 2.85. The van der Waals surface area contributed by atoms with Crippen LogP contribution in [-0.4, -0.2) is 32.8 Å². The first-order valence-corrected chi connectivity index (χ1v) is 6.70. The van der Waals surface area contributed by atoms with Crippen molar-refractivity contribution in [3.05, 3.63) is 38.4 Å². The smallest absolute Gasteiger partial charge is 0.382 e. The van der Waals surface area contributed by atoms with Crippen molar-refractivity contribution >= 4 is 49.4 Å². The Balaban J connectivity index is 3.02. The minimum atomic E-state index is -1.15. The molecule has 0 fully saturated rings. The number of non-ortho nitro benzene ring substituents is 1. The highest BCUT2D eigenvalue weighted by molar-refractivity contribution is 9.19. The van der Waals surface area contributed by atoms with Crippen LogP contribution in [0.25, 0.3) is 0 Å². The summed E-state index contributed by atoms with van der Waals surface area (Å²) >= 11 is 2.73. The molecule has 1 rings (SSSR count). The zero-order valence-electron chi connectivity index (χ0n) is 11.5. The topological polar surface area (TPSA) is 154 Å². The molecular formula is C11H9BrN4O7. The second-order valence-electron chi connectivity index (χ2n) is 3.78. The van der Waals surface area contributed by atoms with Crippen molar-refractivity contribution in [3.8, 4) is 0 Å². The number of Topliss-reactive ketones (excluding diaryl/α,β-unsaturated/α-hetero) is 1. The van der Waals surface area contributed by atoms with Gasteiger partial charge >= 0.3 is 11.7 Å². The Morgan fingerprint density at radius 2 is 1.96 bits per heavy atom. The first-order valence-electron chi connectivity index (χ1n) is 5.91. The van der Waals surface area contributed by atoms with E-state index in [-0.39, 0.29) is 12.3 Å². The van der Waals surface area contributed by atoms with Crippen molar-refractivity contribution in [2.24, 2.45) is 5.10 Å². The predicted octanol–water partition coefficient (Wildman–Crippen LogP) is 1.76. The highest BCUT2D eigenvalue weighted by Gasteiger charge is 2.22. The second kappa shape index (κ2) is 7.93. The Hall–Kier alpha value is -2.89. The molecule has 1 aromatic rings. The lowest BCUT2D eigenvalue weighted by molar-refractivity contribution is -0.393. The van der Waals surface area contributed by atoms with Crippen LogP contribution in [0.1, 0.15) is 6.92 Å². The summed E-state index contributed by atoms with van der Waals surface area (Å²) in [6.07, 6.45) is 0. The van der Waals surface area contributed by atoms with Gasteiger partial charge in [-0.3, -0.25) is 30.4 Å². The Morgan fingerprint density at radius 3 is 2.48 bits per heavy atom. The minimum Gasteiger partial charge on any atom is -0.460 e. The fraction of sp³-hybridized carbons (Fsp3) is 0.182. The molecule has 0 aromatic heterocycles. The maximum absolute atomic E-state index is 11.5. The molecule has 0 aliphatic rings. The number of hydrazone groups is 1. The van der Waals surface area contributed by atoms with Gasteiger partial charge in [-0.05, 0) is 28.9 Å². The van der Waals surface area contributed by atoms with Crippen molar-refractivity contribution < 1.29 is 24.2 Å². The minimum absolute atomic E-state index is 0.00783. The largest absolute Gasteiger partial charge is 0.460 e. The summed E-state index contributed by atoms with van der Waals surface area (Å²) < 4.78 is 4.00. The number of hydrogen-bond acceptors (Lipinski definition) is 9. The van der Waals surface area contributed by atoms with E-state index >= 15 is 0 Å². The summed E-state index contributed by atoms with van der Waals surface area (Å²) in [5, 5.41) is 25.0. The molecule has 0 aliphatic heterocycles. The van der Waals surface area contributed by atoms with Crippen LogP contribution in [0.4, 0.5) is 17.1 Å². The van der Waals surface area contributed by atoms with Crippen LogP contribution in [0.5, 0.6) is 0 Å². The van der Waals surface area contributed by atoms with Crippen molar-refractivity contribution in [1.82, 2.24) is 0 Å². The van der Waals surface area contributed by atoms with Crippen LogP contribution in [0, 0.1) is 20.2 Å². The molecule has 11 nitrogen and oxygen atoms in total. The van der Waals surface area contributed by atoms with Gasteiger partial charge in [-0.15, -0.1) is 0 Å². The number of ketones is 1. The van der Waals surface area contributed by atoms with Crippen LogP contribution in [0.15, 0.2) is 23.3 Å². The summed E-state index contributed by atoms with van der Waals surface area (Å²) in [5.74, 6) is -2.24. The molecule has 1 N–H and O–H groups in total. The predicted molar refractivity (Wildman–Crippen MR) is 81.4 cm³/mol. The van der Waals surface area contributed by atoms with Crippen LogP contribution in [0.2, 0.25) is 0 Å². The van der Waals surface area contributed by atoms with Crippen molar-refractivity contribution in [3.63, 3.8) is 0 Å². The lowest BCUT2D eigenvalue weighted by atomic mass is 10.2. The first kappa shape index (κ1) is 18.2. The maximum Gasteiger partial charge on any atom is 0.382 e.